The maximum Gasteiger partial charge on any atom is 0.322 e. The summed E-state index contributed by atoms with van der Waals surface area (Å²) in [5, 5.41) is 11.5. The molecule has 0 heterocycles. The van der Waals surface area contributed by atoms with Gasteiger partial charge in [-0.15, -0.1) is 0 Å². The van der Waals surface area contributed by atoms with Crippen LogP contribution >= 0.6 is 0 Å². The molecule has 0 spiro atoms. The SMILES string of the molecule is CCN(C(=O)NC(C)(C)CCC(=O)O)c1ccc(F)cc1. The fourth-order valence-corrected chi connectivity index (χ4v) is 1.90. The molecular weight excluding hydrogens is 275 g/mol. The van der Waals surface area contributed by atoms with E-state index < -0.39 is 11.5 Å². The summed E-state index contributed by atoms with van der Waals surface area (Å²) in [6, 6.07) is 5.31. The van der Waals surface area contributed by atoms with Gasteiger partial charge in [-0.2, -0.15) is 0 Å². The van der Waals surface area contributed by atoms with E-state index in [1.807, 2.05) is 6.92 Å². The van der Waals surface area contributed by atoms with Crippen LogP contribution in [0.3, 0.4) is 0 Å². The molecule has 1 aromatic rings. The molecule has 0 aliphatic heterocycles. The van der Waals surface area contributed by atoms with Gasteiger partial charge in [-0.25, -0.2) is 9.18 Å². The number of urea groups is 1. The topological polar surface area (TPSA) is 69.6 Å². The number of halogens is 1. The highest BCUT2D eigenvalue weighted by Crippen LogP contribution is 2.17. The van der Waals surface area contributed by atoms with E-state index in [0.717, 1.165) is 0 Å². The van der Waals surface area contributed by atoms with Crippen molar-refractivity contribution in [2.75, 3.05) is 11.4 Å². The zero-order valence-corrected chi connectivity index (χ0v) is 12.5. The number of carboxylic acid groups (broad SMARTS) is 1. The molecule has 0 saturated heterocycles. The molecule has 0 unspecified atom stereocenters. The molecule has 0 aromatic heterocycles. The third kappa shape index (κ3) is 5.41. The molecule has 5 nitrogen and oxygen atoms in total. The zero-order chi connectivity index (χ0) is 16.0. The molecule has 0 aliphatic carbocycles. The molecule has 0 radical (unpaired) electrons. The molecule has 116 valence electrons. The molecule has 2 amide bonds. The van der Waals surface area contributed by atoms with Crippen LogP contribution in [-0.4, -0.2) is 29.2 Å². The lowest BCUT2D eigenvalue weighted by atomic mass is 9.99. The molecule has 0 atom stereocenters. The number of carbonyl (C=O) groups excluding carboxylic acids is 1. The van der Waals surface area contributed by atoms with Crippen LogP contribution in [0.15, 0.2) is 24.3 Å². The largest absolute Gasteiger partial charge is 0.481 e. The van der Waals surface area contributed by atoms with Gasteiger partial charge in [-0.05, 0) is 51.5 Å². The van der Waals surface area contributed by atoms with Gasteiger partial charge in [0.2, 0.25) is 0 Å². The van der Waals surface area contributed by atoms with Crippen LogP contribution in [0.5, 0.6) is 0 Å². The van der Waals surface area contributed by atoms with Gasteiger partial charge in [0.25, 0.3) is 0 Å². The highest BCUT2D eigenvalue weighted by atomic mass is 19.1. The Labute approximate surface area is 123 Å². The third-order valence-corrected chi connectivity index (χ3v) is 3.11. The molecule has 6 heteroatoms. The van der Waals surface area contributed by atoms with Gasteiger partial charge in [-0.1, -0.05) is 0 Å². The number of hydrogen-bond acceptors (Lipinski definition) is 2. The van der Waals surface area contributed by atoms with Gasteiger partial charge in [0.15, 0.2) is 0 Å². The van der Waals surface area contributed by atoms with Crippen LogP contribution in [-0.2, 0) is 4.79 Å². The van der Waals surface area contributed by atoms with Gasteiger partial charge < -0.3 is 10.4 Å². The van der Waals surface area contributed by atoms with Crippen molar-refractivity contribution >= 4 is 17.7 Å². The maximum atomic E-state index is 12.9. The summed E-state index contributed by atoms with van der Waals surface area (Å²) in [4.78, 5) is 24.4. The standard InChI is InChI=1S/C15H21FN2O3/c1-4-18(12-7-5-11(16)6-8-12)14(21)17-15(2,3)10-9-13(19)20/h5-8H,4,9-10H2,1-3H3,(H,17,21)(H,19,20). The van der Waals surface area contributed by atoms with E-state index in [4.69, 9.17) is 5.11 Å². The van der Waals surface area contributed by atoms with Crippen LogP contribution in [0.25, 0.3) is 0 Å². The maximum absolute atomic E-state index is 12.9. The van der Waals surface area contributed by atoms with Crippen molar-refractivity contribution in [2.24, 2.45) is 0 Å². The number of carboxylic acids is 1. The summed E-state index contributed by atoms with van der Waals surface area (Å²) in [5.41, 5.74) is -0.0476. The first-order valence-corrected chi connectivity index (χ1v) is 6.82. The summed E-state index contributed by atoms with van der Waals surface area (Å²) in [7, 11) is 0. The number of carbonyl (C=O) groups is 2. The Kier molecular flexibility index (Phi) is 5.69. The Morgan fingerprint density at radius 3 is 2.33 bits per heavy atom. The number of nitrogens with zero attached hydrogens (tertiary/aromatic N) is 1. The van der Waals surface area contributed by atoms with Crippen molar-refractivity contribution in [3.63, 3.8) is 0 Å². The van der Waals surface area contributed by atoms with Crippen LogP contribution < -0.4 is 10.2 Å². The van der Waals surface area contributed by atoms with E-state index in [-0.39, 0.29) is 18.3 Å². The number of rotatable bonds is 6. The van der Waals surface area contributed by atoms with E-state index >= 15 is 0 Å². The highest BCUT2D eigenvalue weighted by Gasteiger charge is 2.24. The van der Waals surface area contributed by atoms with Gasteiger partial charge in [0.05, 0.1) is 0 Å². The first-order chi connectivity index (χ1) is 9.75. The van der Waals surface area contributed by atoms with E-state index in [0.29, 0.717) is 18.7 Å². The smallest absolute Gasteiger partial charge is 0.322 e. The van der Waals surface area contributed by atoms with Crippen LogP contribution in [0.2, 0.25) is 0 Å². The van der Waals surface area contributed by atoms with Crippen LogP contribution in [0.4, 0.5) is 14.9 Å². The van der Waals surface area contributed by atoms with Crippen molar-refractivity contribution in [1.82, 2.24) is 5.32 Å². The monoisotopic (exact) mass is 296 g/mol. The predicted octanol–water partition coefficient (Wildman–Crippen LogP) is 3.01. The normalized spacial score (nSPS) is 11.0. The molecule has 0 bridgehead atoms. The zero-order valence-electron chi connectivity index (χ0n) is 12.5. The number of nitrogens with one attached hydrogen (secondary N) is 1. The minimum Gasteiger partial charge on any atom is -0.481 e. The number of benzene rings is 1. The summed E-state index contributed by atoms with van der Waals surface area (Å²) in [6.07, 6.45) is 0.311. The molecule has 0 fully saturated rings. The molecule has 0 aliphatic rings. The Balaban J connectivity index is 2.75. The van der Waals surface area contributed by atoms with Crippen molar-refractivity contribution in [1.29, 1.82) is 0 Å². The summed E-state index contributed by atoms with van der Waals surface area (Å²) in [5.74, 6) is -1.26. The summed E-state index contributed by atoms with van der Waals surface area (Å²) >= 11 is 0. The number of aliphatic carboxylic acids is 1. The number of hydrogen-bond donors (Lipinski definition) is 2. The van der Waals surface area contributed by atoms with Crippen molar-refractivity contribution in [2.45, 2.75) is 39.2 Å². The predicted molar refractivity (Wildman–Crippen MR) is 78.9 cm³/mol. The first-order valence-electron chi connectivity index (χ1n) is 6.82. The Morgan fingerprint density at radius 2 is 1.86 bits per heavy atom. The summed E-state index contributed by atoms with van der Waals surface area (Å²) in [6.45, 7) is 5.78. The second kappa shape index (κ2) is 7.06. The lowest BCUT2D eigenvalue weighted by Crippen LogP contribution is -2.50. The first kappa shape index (κ1) is 16.9. The Hall–Kier alpha value is -2.11. The highest BCUT2D eigenvalue weighted by molar-refractivity contribution is 5.92. The molecule has 2 N–H and O–H groups in total. The van der Waals surface area contributed by atoms with Gasteiger partial charge in [-0.3, -0.25) is 9.69 Å². The van der Waals surface area contributed by atoms with E-state index in [2.05, 4.69) is 5.32 Å². The molecular formula is C15H21FN2O3. The van der Waals surface area contributed by atoms with Gasteiger partial charge in [0, 0.05) is 24.2 Å². The lowest BCUT2D eigenvalue weighted by Gasteiger charge is -2.30. The fourth-order valence-electron chi connectivity index (χ4n) is 1.90. The van der Waals surface area contributed by atoms with E-state index in [1.165, 1.54) is 29.2 Å². The lowest BCUT2D eigenvalue weighted by molar-refractivity contribution is -0.137. The molecule has 0 saturated carbocycles. The average Bonchev–Trinajstić information content (AvgIpc) is 2.39. The molecule has 21 heavy (non-hydrogen) atoms. The quantitative estimate of drug-likeness (QED) is 0.847. The second-order valence-electron chi connectivity index (χ2n) is 5.43. The molecule has 1 aromatic carbocycles. The fraction of sp³-hybridized carbons (Fsp3) is 0.467. The van der Waals surface area contributed by atoms with Crippen LogP contribution in [0.1, 0.15) is 33.6 Å². The Morgan fingerprint density at radius 1 is 1.29 bits per heavy atom. The minimum absolute atomic E-state index is 0.0179. The van der Waals surface area contributed by atoms with Crippen molar-refractivity contribution in [3.8, 4) is 0 Å². The third-order valence-electron chi connectivity index (χ3n) is 3.11. The minimum atomic E-state index is -0.900. The van der Waals surface area contributed by atoms with Gasteiger partial charge >= 0.3 is 12.0 Å². The summed E-state index contributed by atoms with van der Waals surface area (Å²) < 4.78 is 12.9. The average molecular weight is 296 g/mol. The van der Waals surface area contributed by atoms with Crippen molar-refractivity contribution in [3.05, 3.63) is 30.1 Å². The van der Waals surface area contributed by atoms with Gasteiger partial charge in [0.1, 0.15) is 5.82 Å². The molecule has 1 rings (SSSR count). The Bertz CT molecular complexity index is 500. The second-order valence-corrected chi connectivity index (χ2v) is 5.43. The number of amides is 2. The number of anilines is 1. The van der Waals surface area contributed by atoms with E-state index in [1.54, 1.807) is 13.8 Å². The van der Waals surface area contributed by atoms with E-state index in [9.17, 15) is 14.0 Å². The van der Waals surface area contributed by atoms with Crippen LogP contribution in [0, 0.1) is 5.82 Å². The van der Waals surface area contributed by atoms with Crippen molar-refractivity contribution < 1.29 is 19.1 Å².